The minimum Gasteiger partial charge on any atom is -0.497 e. The van der Waals surface area contributed by atoms with Gasteiger partial charge in [0.2, 0.25) is 5.91 Å². The zero-order valence-corrected chi connectivity index (χ0v) is 18.0. The fourth-order valence-corrected chi connectivity index (χ4v) is 4.79. The summed E-state index contributed by atoms with van der Waals surface area (Å²) in [6, 6.07) is 16.6. The number of likely N-dealkylation sites (tertiary alicyclic amines) is 2. The Kier molecular flexibility index (Phi) is 6.58. The number of nitrogens with zero attached hydrogens (tertiary/aromatic N) is 2. The molecule has 2 saturated heterocycles. The van der Waals surface area contributed by atoms with Crippen molar-refractivity contribution in [1.82, 2.24) is 9.80 Å². The van der Waals surface area contributed by atoms with Crippen molar-refractivity contribution < 1.29 is 14.3 Å². The number of methoxy groups -OCH3 is 2. The molecule has 2 aromatic carbocycles. The van der Waals surface area contributed by atoms with Gasteiger partial charge in [-0.2, -0.15) is 0 Å². The van der Waals surface area contributed by atoms with Crippen LogP contribution >= 0.6 is 0 Å². The van der Waals surface area contributed by atoms with Crippen LogP contribution in [0, 0.1) is 5.92 Å². The van der Waals surface area contributed by atoms with Crippen LogP contribution in [0.3, 0.4) is 0 Å². The summed E-state index contributed by atoms with van der Waals surface area (Å²) in [4.78, 5) is 17.9. The Hall–Kier alpha value is -2.53. The summed E-state index contributed by atoms with van der Waals surface area (Å²) >= 11 is 0. The number of rotatable bonds is 6. The van der Waals surface area contributed by atoms with E-state index in [0.29, 0.717) is 5.91 Å². The van der Waals surface area contributed by atoms with Crippen LogP contribution in [0.25, 0.3) is 0 Å². The van der Waals surface area contributed by atoms with Gasteiger partial charge in [-0.05, 0) is 74.2 Å². The van der Waals surface area contributed by atoms with Crippen molar-refractivity contribution in [3.8, 4) is 11.5 Å². The molecule has 0 unspecified atom stereocenters. The molecular weight excluding hydrogens is 376 g/mol. The first-order valence-electron chi connectivity index (χ1n) is 11.0. The molecule has 1 atom stereocenters. The first kappa shape index (κ1) is 20.7. The molecule has 4 rings (SSSR count). The average molecular weight is 409 g/mol. The monoisotopic (exact) mass is 408 g/mol. The lowest BCUT2D eigenvalue weighted by Gasteiger charge is -2.35. The van der Waals surface area contributed by atoms with Crippen LogP contribution in [-0.4, -0.2) is 49.6 Å². The second-order valence-corrected chi connectivity index (χ2v) is 8.36. The van der Waals surface area contributed by atoms with E-state index in [1.165, 1.54) is 11.1 Å². The van der Waals surface area contributed by atoms with Gasteiger partial charge in [0.1, 0.15) is 11.5 Å². The smallest absolute Gasteiger partial charge is 0.226 e. The Balaban J connectivity index is 1.34. The second kappa shape index (κ2) is 9.52. The lowest BCUT2D eigenvalue weighted by molar-refractivity contribution is -0.138. The molecular formula is C25H32N2O3. The van der Waals surface area contributed by atoms with Crippen LogP contribution in [0.5, 0.6) is 11.5 Å². The predicted molar refractivity (Wildman–Crippen MR) is 118 cm³/mol. The fraction of sp³-hybridized carbons (Fsp3) is 0.480. The Morgan fingerprint density at radius 2 is 1.67 bits per heavy atom. The molecule has 0 radical (unpaired) electrons. The number of amides is 1. The van der Waals surface area contributed by atoms with Crippen molar-refractivity contribution in [3.05, 3.63) is 59.7 Å². The van der Waals surface area contributed by atoms with E-state index in [2.05, 4.69) is 34.1 Å². The molecule has 2 aromatic rings. The van der Waals surface area contributed by atoms with Crippen molar-refractivity contribution in [2.45, 2.75) is 38.3 Å². The topological polar surface area (TPSA) is 42.0 Å². The maximum Gasteiger partial charge on any atom is 0.226 e. The summed E-state index contributed by atoms with van der Waals surface area (Å²) in [5.41, 5.74) is 2.48. The summed E-state index contributed by atoms with van der Waals surface area (Å²) in [6.07, 6.45) is 3.99. The quantitative estimate of drug-likeness (QED) is 0.716. The third-order valence-corrected chi connectivity index (χ3v) is 6.52. The standard InChI is InChI=1S/C25H32N2O3/c1-29-22-10-8-19(9-11-22)18-26-15-12-20(13-16-26)25(28)27-14-4-7-24(27)21-5-3-6-23(17-21)30-2/h3,5-6,8-11,17,20,24H,4,7,12-16,18H2,1-2H3/t24-/m1/s1. The van der Waals surface area contributed by atoms with E-state index in [4.69, 9.17) is 9.47 Å². The van der Waals surface area contributed by atoms with Gasteiger partial charge < -0.3 is 14.4 Å². The minimum absolute atomic E-state index is 0.142. The van der Waals surface area contributed by atoms with Crippen LogP contribution in [0.2, 0.25) is 0 Å². The van der Waals surface area contributed by atoms with Gasteiger partial charge in [-0.25, -0.2) is 0 Å². The zero-order valence-electron chi connectivity index (χ0n) is 18.0. The molecule has 0 spiro atoms. The van der Waals surface area contributed by atoms with E-state index in [0.717, 1.165) is 63.4 Å². The largest absolute Gasteiger partial charge is 0.497 e. The van der Waals surface area contributed by atoms with Gasteiger partial charge in [0.25, 0.3) is 0 Å². The number of carbonyl (C=O) groups excluding carboxylic acids is 1. The molecule has 2 aliphatic rings. The van der Waals surface area contributed by atoms with Crippen LogP contribution < -0.4 is 9.47 Å². The van der Waals surface area contributed by atoms with Gasteiger partial charge in [-0.3, -0.25) is 9.69 Å². The molecule has 0 N–H and O–H groups in total. The SMILES string of the molecule is COc1ccc(CN2CCC(C(=O)N3CCC[C@@H]3c3cccc(OC)c3)CC2)cc1. The summed E-state index contributed by atoms with van der Waals surface area (Å²) in [5, 5.41) is 0. The Morgan fingerprint density at radius 1 is 0.933 bits per heavy atom. The molecule has 2 heterocycles. The molecule has 2 aliphatic heterocycles. The predicted octanol–water partition coefficient (Wildman–Crippen LogP) is 4.28. The van der Waals surface area contributed by atoms with Gasteiger partial charge in [0, 0.05) is 19.0 Å². The van der Waals surface area contributed by atoms with Crippen LogP contribution in [0.15, 0.2) is 48.5 Å². The second-order valence-electron chi connectivity index (χ2n) is 8.36. The third-order valence-electron chi connectivity index (χ3n) is 6.52. The highest BCUT2D eigenvalue weighted by Gasteiger charge is 2.35. The summed E-state index contributed by atoms with van der Waals surface area (Å²) in [7, 11) is 3.38. The lowest BCUT2D eigenvalue weighted by Crippen LogP contribution is -2.42. The highest BCUT2D eigenvalue weighted by Crippen LogP contribution is 2.36. The molecule has 5 heteroatoms. The molecule has 0 aliphatic carbocycles. The van der Waals surface area contributed by atoms with Crippen LogP contribution in [-0.2, 0) is 11.3 Å². The van der Waals surface area contributed by atoms with E-state index in [1.54, 1.807) is 14.2 Å². The van der Waals surface area contributed by atoms with Gasteiger partial charge in [0.15, 0.2) is 0 Å². The van der Waals surface area contributed by atoms with E-state index in [9.17, 15) is 4.79 Å². The van der Waals surface area contributed by atoms with Crippen LogP contribution in [0.1, 0.15) is 42.9 Å². The van der Waals surface area contributed by atoms with Gasteiger partial charge >= 0.3 is 0 Å². The molecule has 160 valence electrons. The van der Waals surface area contributed by atoms with E-state index < -0.39 is 0 Å². The number of hydrogen-bond donors (Lipinski definition) is 0. The Bertz CT molecular complexity index is 844. The van der Waals surface area contributed by atoms with E-state index >= 15 is 0 Å². The average Bonchev–Trinajstić information content (AvgIpc) is 3.30. The molecule has 1 amide bonds. The number of hydrogen-bond acceptors (Lipinski definition) is 4. The third kappa shape index (κ3) is 4.62. The maximum absolute atomic E-state index is 13.3. The van der Waals surface area contributed by atoms with Crippen molar-refractivity contribution in [2.24, 2.45) is 5.92 Å². The number of benzene rings is 2. The normalized spacial score (nSPS) is 20.3. The summed E-state index contributed by atoms with van der Waals surface area (Å²) in [5.74, 6) is 2.23. The fourth-order valence-electron chi connectivity index (χ4n) is 4.79. The Morgan fingerprint density at radius 3 is 2.37 bits per heavy atom. The number of piperidine rings is 1. The number of ether oxygens (including phenoxy) is 2. The van der Waals surface area contributed by atoms with Gasteiger partial charge in [-0.15, -0.1) is 0 Å². The maximum atomic E-state index is 13.3. The molecule has 0 aromatic heterocycles. The number of carbonyl (C=O) groups is 1. The molecule has 0 saturated carbocycles. The molecule has 2 fully saturated rings. The van der Waals surface area contributed by atoms with E-state index in [1.807, 2.05) is 24.3 Å². The molecule has 0 bridgehead atoms. The first-order chi connectivity index (χ1) is 14.7. The van der Waals surface area contributed by atoms with Crippen molar-refractivity contribution >= 4 is 5.91 Å². The summed E-state index contributed by atoms with van der Waals surface area (Å²) < 4.78 is 10.6. The van der Waals surface area contributed by atoms with Gasteiger partial charge in [-0.1, -0.05) is 24.3 Å². The van der Waals surface area contributed by atoms with Crippen molar-refractivity contribution in [1.29, 1.82) is 0 Å². The summed E-state index contributed by atoms with van der Waals surface area (Å²) in [6.45, 7) is 3.74. The van der Waals surface area contributed by atoms with Crippen LogP contribution in [0.4, 0.5) is 0 Å². The zero-order chi connectivity index (χ0) is 20.9. The Labute approximate surface area is 179 Å². The van der Waals surface area contributed by atoms with Crippen molar-refractivity contribution in [3.63, 3.8) is 0 Å². The first-order valence-corrected chi connectivity index (χ1v) is 11.0. The molecule has 5 nitrogen and oxygen atoms in total. The van der Waals surface area contributed by atoms with E-state index in [-0.39, 0.29) is 12.0 Å². The highest BCUT2D eigenvalue weighted by molar-refractivity contribution is 5.79. The minimum atomic E-state index is 0.142. The lowest BCUT2D eigenvalue weighted by atomic mass is 9.94. The van der Waals surface area contributed by atoms with Crippen molar-refractivity contribution in [2.75, 3.05) is 33.9 Å². The highest BCUT2D eigenvalue weighted by atomic mass is 16.5. The molecule has 30 heavy (non-hydrogen) atoms. The van der Waals surface area contributed by atoms with Gasteiger partial charge in [0.05, 0.1) is 20.3 Å².